The highest BCUT2D eigenvalue weighted by molar-refractivity contribution is 6.07. The fourth-order valence-corrected chi connectivity index (χ4v) is 10.3. The number of aromatic amines is 2. The first-order chi connectivity index (χ1) is 31.5. The Morgan fingerprint density at radius 1 is 0.877 bits per heavy atom. The van der Waals surface area contributed by atoms with Crippen LogP contribution in [0.4, 0.5) is 9.59 Å². The van der Waals surface area contributed by atoms with E-state index >= 15 is 0 Å². The van der Waals surface area contributed by atoms with Crippen LogP contribution in [0.5, 0.6) is 5.75 Å². The average molecular weight is 891 g/mol. The summed E-state index contributed by atoms with van der Waals surface area (Å²) in [5.74, 6) is 1.68. The van der Waals surface area contributed by atoms with Crippen LogP contribution in [0.2, 0.25) is 0 Å². The molecule has 9 rings (SSSR count). The minimum absolute atomic E-state index is 0.0225. The topological polar surface area (TPSA) is 202 Å². The maximum Gasteiger partial charge on any atom is 0.407 e. The SMILES string of the molecule is COC[C@H]1C[C@@H](c2nc3c(ccc4cc5c(cc43)OCc3cc(-c4cnc([C@@H]6CC[C@H](C)N6C(=O)[C@@H](NC(=O)OC)C(C)C)[nH]4)ccc3-5)[nH]2)N(C(=O)[C@@H](NC(=O)OC)C2CCOCC2)C1. The van der Waals surface area contributed by atoms with Crippen LogP contribution >= 0.6 is 0 Å². The van der Waals surface area contributed by atoms with Crippen LogP contribution in [-0.2, 0) is 35.1 Å². The zero-order chi connectivity index (χ0) is 45.5. The molecule has 0 spiro atoms. The molecule has 0 bridgehead atoms. The molecule has 6 heterocycles. The molecule has 2 aromatic heterocycles. The van der Waals surface area contributed by atoms with E-state index in [4.69, 9.17) is 33.7 Å². The number of methoxy groups -OCH3 is 3. The third-order valence-electron chi connectivity index (χ3n) is 13.8. The summed E-state index contributed by atoms with van der Waals surface area (Å²) in [5, 5.41) is 7.50. The van der Waals surface area contributed by atoms with Gasteiger partial charge in [-0.25, -0.2) is 19.6 Å². The number of imidazole rings is 2. The van der Waals surface area contributed by atoms with Crippen LogP contribution in [-0.4, -0.2) is 120 Å². The van der Waals surface area contributed by atoms with Crippen LogP contribution in [0.15, 0.2) is 48.7 Å². The maximum absolute atomic E-state index is 14.5. The van der Waals surface area contributed by atoms with Gasteiger partial charge >= 0.3 is 12.2 Å². The van der Waals surface area contributed by atoms with Gasteiger partial charge in [0.25, 0.3) is 0 Å². The smallest absolute Gasteiger partial charge is 0.407 e. The lowest BCUT2D eigenvalue weighted by molar-refractivity contribution is -0.138. The predicted octanol–water partition coefficient (Wildman–Crippen LogP) is 6.79. The number of carbonyl (C=O) groups excluding carboxylic acids is 4. The fraction of sp³-hybridized carbons (Fsp3) is 0.500. The summed E-state index contributed by atoms with van der Waals surface area (Å²) in [6.45, 7) is 8.22. The Kier molecular flexibility index (Phi) is 12.4. The van der Waals surface area contributed by atoms with Crippen molar-refractivity contribution < 1.29 is 42.9 Å². The number of benzene rings is 3. The lowest BCUT2D eigenvalue weighted by Gasteiger charge is -2.34. The normalized spacial score (nSPS) is 21.8. The van der Waals surface area contributed by atoms with Gasteiger partial charge in [0.05, 0.1) is 55.8 Å². The van der Waals surface area contributed by atoms with Crippen LogP contribution < -0.4 is 15.4 Å². The number of nitrogens with one attached hydrogen (secondary N) is 4. The number of ether oxygens (including phenoxy) is 5. The van der Waals surface area contributed by atoms with E-state index in [1.807, 2.05) is 42.8 Å². The van der Waals surface area contributed by atoms with Gasteiger partial charge in [0, 0.05) is 49.8 Å². The highest BCUT2D eigenvalue weighted by Gasteiger charge is 2.44. The van der Waals surface area contributed by atoms with Crippen LogP contribution in [0.1, 0.15) is 82.2 Å². The van der Waals surface area contributed by atoms with Crippen LogP contribution in [0.3, 0.4) is 0 Å². The largest absolute Gasteiger partial charge is 0.488 e. The maximum atomic E-state index is 14.5. The van der Waals surface area contributed by atoms with Crippen molar-refractivity contribution in [2.45, 2.75) is 89.7 Å². The molecule has 4 amide bonds. The molecule has 4 N–H and O–H groups in total. The third-order valence-corrected chi connectivity index (χ3v) is 13.8. The number of fused-ring (bicyclic) bond motifs is 6. The molecule has 3 saturated heterocycles. The molecule has 17 nitrogen and oxygen atoms in total. The van der Waals surface area contributed by atoms with E-state index in [9.17, 15) is 19.2 Å². The number of H-pyrrole nitrogens is 2. The minimum Gasteiger partial charge on any atom is -0.488 e. The van der Waals surface area contributed by atoms with Crippen molar-refractivity contribution in [3.63, 3.8) is 0 Å². The van der Waals surface area contributed by atoms with Gasteiger partial charge < -0.3 is 54.1 Å². The summed E-state index contributed by atoms with van der Waals surface area (Å²) in [4.78, 5) is 73.7. The molecule has 17 heteroatoms. The summed E-state index contributed by atoms with van der Waals surface area (Å²) in [5.41, 5.74) is 6.50. The Bertz CT molecular complexity index is 2600. The number of hydrogen-bond donors (Lipinski definition) is 4. The average Bonchev–Trinajstić information content (AvgIpc) is 4.15. The first-order valence-electron chi connectivity index (χ1n) is 22.6. The van der Waals surface area contributed by atoms with Gasteiger partial charge in [-0.05, 0) is 97.2 Å². The number of rotatable bonds is 11. The first kappa shape index (κ1) is 44.0. The molecule has 4 aliphatic heterocycles. The number of nitrogens with zero attached hydrogens (tertiary/aromatic N) is 4. The highest BCUT2D eigenvalue weighted by atomic mass is 16.5. The number of amides is 4. The molecule has 3 aromatic carbocycles. The summed E-state index contributed by atoms with van der Waals surface area (Å²) >= 11 is 0. The molecule has 5 aromatic rings. The van der Waals surface area contributed by atoms with Crippen molar-refractivity contribution in [2.75, 3.05) is 47.7 Å². The van der Waals surface area contributed by atoms with E-state index in [2.05, 4.69) is 57.0 Å². The van der Waals surface area contributed by atoms with Crippen molar-refractivity contribution in [1.82, 2.24) is 40.4 Å². The molecular formula is C48H58N8O9. The molecule has 4 aliphatic rings. The van der Waals surface area contributed by atoms with Gasteiger partial charge in [0.15, 0.2) is 0 Å². The van der Waals surface area contributed by atoms with E-state index < -0.39 is 24.3 Å². The highest BCUT2D eigenvalue weighted by Crippen LogP contribution is 2.44. The second-order valence-electron chi connectivity index (χ2n) is 18.2. The first-order valence-corrected chi connectivity index (χ1v) is 22.6. The van der Waals surface area contributed by atoms with Gasteiger partial charge in [-0.3, -0.25) is 9.59 Å². The van der Waals surface area contributed by atoms with Crippen molar-refractivity contribution in [3.05, 3.63) is 65.9 Å². The summed E-state index contributed by atoms with van der Waals surface area (Å²) in [6.07, 6.45) is 4.07. The van der Waals surface area contributed by atoms with Crippen molar-refractivity contribution in [2.24, 2.45) is 17.8 Å². The molecule has 3 fully saturated rings. The second-order valence-corrected chi connectivity index (χ2v) is 18.2. The zero-order valence-electron chi connectivity index (χ0n) is 37.8. The Morgan fingerprint density at radius 2 is 1.66 bits per heavy atom. The molecule has 0 aliphatic carbocycles. The van der Waals surface area contributed by atoms with Gasteiger partial charge in [0.2, 0.25) is 11.8 Å². The van der Waals surface area contributed by atoms with Gasteiger partial charge in [-0.2, -0.15) is 0 Å². The standard InChI is InChI=1S/C48H58N8O9/c1-25(2)40(53-47(59)62-5)46(58)56-26(3)7-12-37(56)43-49-21-36(51-43)30-8-10-32-31(18-30)24-65-39-20-33-29(19-34(32)39)9-11-35-42(33)52-44(50-35)38-17-27(23-61-4)22-55(38)45(57)41(54-48(60)63-6)28-13-15-64-16-14-28/h8-11,18-21,25-28,37-38,40-41H,7,12-17,22-24H2,1-6H3,(H,49,51)(H,50,52)(H,53,59)(H,54,60)/t26-,27-,37-,38-,40-,41-/m0/s1. The van der Waals surface area contributed by atoms with Crippen LogP contribution in [0, 0.1) is 17.8 Å². The summed E-state index contributed by atoms with van der Waals surface area (Å²) in [6, 6.07) is 12.5. The lowest BCUT2D eigenvalue weighted by Crippen LogP contribution is -2.53. The third kappa shape index (κ3) is 8.47. The van der Waals surface area contributed by atoms with Gasteiger partial charge in [-0.15, -0.1) is 0 Å². The number of aromatic nitrogens is 4. The van der Waals surface area contributed by atoms with Crippen LogP contribution in [0.25, 0.3) is 44.2 Å². The summed E-state index contributed by atoms with van der Waals surface area (Å²) in [7, 11) is 4.26. The van der Waals surface area contributed by atoms with Crippen molar-refractivity contribution >= 4 is 45.8 Å². The summed E-state index contributed by atoms with van der Waals surface area (Å²) < 4.78 is 27.4. The molecular weight excluding hydrogens is 833 g/mol. The molecule has 0 unspecified atom stereocenters. The molecule has 65 heavy (non-hydrogen) atoms. The zero-order valence-corrected chi connectivity index (χ0v) is 37.8. The number of hydrogen-bond acceptors (Lipinski definition) is 11. The van der Waals surface area contributed by atoms with Crippen molar-refractivity contribution in [3.8, 4) is 28.1 Å². The quantitative estimate of drug-likeness (QED) is 0.109. The van der Waals surface area contributed by atoms with E-state index in [-0.39, 0.29) is 47.7 Å². The minimum atomic E-state index is -0.758. The Hall–Kier alpha value is -6.20. The molecule has 6 atom stereocenters. The molecule has 344 valence electrons. The Labute approximate surface area is 377 Å². The number of alkyl carbamates (subject to hydrolysis) is 2. The fourth-order valence-electron chi connectivity index (χ4n) is 10.3. The van der Waals surface area contributed by atoms with E-state index in [0.29, 0.717) is 63.9 Å². The lowest BCUT2D eigenvalue weighted by atomic mass is 9.90. The van der Waals surface area contributed by atoms with Crippen molar-refractivity contribution in [1.29, 1.82) is 0 Å². The number of carbonyl (C=O) groups is 4. The predicted molar refractivity (Wildman–Crippen MR) is 241 cm³/mol. The monoisotopic (exact) mass is 890 g/mol. The second kappa shape index (κ2) is 18.4. The Balaban J connectivity index is 0.973. The van der Waals surface area contributed by atoms with Gasteiger partial charge in [-0.1, -0.05) is 32.0 Å². The molecule has 0 radical (unpaired) electrons. The van der Waals surface area contributed by atoms with E-state index in [0.717, 1.165) is 68.3 Å². The van der Waals surface area contributed by atoms with E-state index in [1.165, 1.54) is 14.2 Å². The van der Waals surface area contributed by atoms with E-state index in [1.54, 1.807) is 7.11 Å². The van der Waals surface area contributed by atoms with Gasteiger partial charge in [0.1, 0.15) is 36.1 Å². The number of likely N-dealkylation sites (tertiary alicyclic amines) is 2. The Morgan fingerprint density at radius 3 is 2.42 bits per heavy atom. The molecule has 0 saturated carbocycles.